The van der Waals surface area contributed by atoms with Gasteiger partial charge in [-0.05, 0) is 85.6 Å². The van der Waals surface area contributed by atoms with Gasteiger partial charge in [0.2, 0.25) is 11.8 Å². The Morgan fingerprint density at radius 1 is 0.688 bits per heavy atom. The standard InChI is InChI=1S/C36H51N3O9/c1-34(2,3)46-26-17-15-24(16-18-26)21-28(32(43)48-36(7,8)9)39-31(42)27(22-30(41)47-35(4,5)6)38-29(40)19-20-37-33(44)45-23-25-13-11-10-12-14-25/h10-18,27-28H,19-23H2,1-9H3,(H,37,44)(H,38,40)(H,39,42)/t27-,28-/m0/s1. The molecule has 48 heavy (non-hydrogen) atoms. The van der Waals surface area contributed by atoms with Crippen molar-refractivity contribution in [2.24, 2.45) is 0 Å². The number of carbonyl (C=O) groups is 5. The van der Waals surface area contributed by atoms with Crippen molar-refractivity contribution in [2.75, 3.05) is 6.54 Å². The van der Waals surface area contributed by atoms with Crippen LogP contribution in [-0.2, 0) is 46.4 Å². The molecule has 0 unspecified atom stereocenters. The zero-order valence-electron chi connectivity index (χ0n) is 29.6. The van der Waals surface area contributed by atoms with Gasteiger partial charge in [-0.25, -0.2) is 9.59 Å². The molecule has 2 aromatic rings. The van der Waals surface area contributed by atoms with E-state index in [2.05, 4.69) is 16.0 Å². The fraction of sp³-hybridized carbons (Fsp3) is 0.528. The van der Waals surface area contributed by atoms with Gasteiger partial charge >= 0.3 is 18.0 Å². The third-order valence-corrected chi connectivity index (χ3v) is 6.07. The van der Waals surface area contributed by atoms with Gasteiger partial charge in [0.05, 0.1) is 6.42 Å². The summed E-state index contributed by atoms with van der Waals surface area (Å²) in [5.74, 6) is -2.18. The van der Waals surface area contributed by atoms with Crippen LogP contribution in [0, 0.1) is 0 Å². The van der Waals surface area contributed by atoms with Crippen molar-refractivity contribution < 1.29 is 42.9 Å². The number of amides is 3. The number of alkyl carbamates (subject to hydrolysis) is 1. The molecule has 0 aliphatic carbocycles. The highest BCUT2D eigenvalue weighted by Gasteiger charge is 2.32. The van der Waals surface area contributed by atoms with Crippen molar-refractivity contribution in [1.29, 1.82) is 0 Å². The van der Waals surface area contributed by atoms with Crippen molar-refractivity contribution in [3.63, 3.8) is 0 Å². The minimum atomic E-state index is -1.38. The predicted molar refractivity (Wildman–Crippen MR) is 180 cm³/mol. The molecular formula is C36H51N3O9. The Balaban J connectivity index is 2.14. The first kappa shape index (κ1) is 39.6. The maximum Gasteiger partial charge on any atom is 0.407 e. The van der Waals surface area contributed by atoms with Crippen LogP contribution in [0.25, 0.3) is 0 Å². The molecule has 3 N–H and O–H groups in total. The molecule has 0 aliphatic rings. The lowest BCUT2D eigenvalue weighted by Crippen LogP contribution is -2.54. The Hall–Kier alpha value is -4.61. The SMILES string of the molecule is CC(C)(C)OC(=O)C[C@H](NC(=O)CCNC(=O)OCc1ccccc1)C(=O)N[C@@H](Cc1ccc(OC(C)(C)C)cc1)C(=O)OC(C)(C)C. The summed E-state index contributed by atoms with van der Waals surface area (Å²) in [7, 11) is 0. The van der Waals surface area contributed by atoms with Crippen LogP contribution in [-0.4, -0.2) is 65.3 Å². The van der Waals surface area contributed by atoms with E-state index >= 15 is 0 Å². The average molecular weight is 670 g/mol. The Kier molecular flexibility index (Phi) is 14.4. The zero-order valence-corrected chi connectivity index (χ0v) is 29.6. The molecule has 2 aromatic carbocycles. The van der Waals surface area contributed by atoms with E-state index in [1.165, 1.54) is 0 Å². The van der Waals surface area contributed by atoms with Crippen LogP contribution < -0.4 is 20.7 Å². The van der Waals surface area contributed by atoms with E-state index in [-0.39, 0.29) is 26.0 Å². The van der Waals surface area contributed by atoms with Gasteiger partial charge in [-0.3, -0.25) is 14.4 Å². The van der Waals surface area contributed by atoms with Crippen LogP contribution in [0.5, 0.6) is 5.75 Å². The summed E-state index contributed by atoms with van der Waals surface area (Å²) in [6.45, 7) is 15.9. The van der Waals surface area contributed by atoms with E-state index in [1.54, 1.807) is 65.8 Å². The Labute approximate surface area is 283 Å². The third kappa shape index (κ3) is 16.8. The quantitative estimate of drug-likeness (QED) is 0.190. The second kappa shape index (κ2) is 17.5. The number of ether oxygens (including phenoxy) is 4. The van der Waals surface area contributed by atoms with E-state index in [9.17, 15) is 24.0 Å². The maximum atomic E-state index is 13.6. The van der Waals surface area contributed by atoms with Gasteiger partial charge in [-0.15, -0.1) is 0 Å². The summed E-state index contributed by atoms with van der Waals surface area (Å²) in [6.07, 6.45) is -1.36. The molecular weight excluding hydrogens is 618 g/mol. The highest BCUT2D eigenvalue weighted by Crippen LogP contribution is 2.20. The van der Waals surface area contributed by atoms with E-state index < -0.39 is 65.2 Å². The number of hydrogen-bond donors (Lipinski definition) is 3. The summed E-state index contributed by atoms with van der Waals surface area (Å²) < 4.78 is 22.0. The summed E-state index contributed by atoms with van der Waals surface area (Å²) in [5, 5.41) is 7.69. The molecule has 0 bridgehead atoms. The smallest absolute Gasteiger partial charge is 0.407 e. The lowest BCUT2D eigenvalue weighted by molar-refractivity contribution is -0.159. The molecule has 0 heterocycles. The lowest BCUT2D eigenvalue weighted by Gasteiger charge is -2.27. The summed E-state index contributed by atoms with van der Waals surface area (Å²) in [4.78, 5) is 64.6. The van der Waals surface area contributed by atoms with Gasteiger partial charge in [-0.1, -0.05) is 42.5 Å². The van der Waals surface area contributed by atoms with Crippen LogP contribution in [0.2, 0.25) is 0 Å². The van der Waals surface area contributed by atoms with Crippen molar-refractivity contribution in [2.45, 2.75) is 117 Å². The van der Waals surface area contributed by atoms with Crippen LogP contribution >= 0.6 is 0 Å². The molecule has 0 radical (unpaired) electrons. The van der Waals surface area contributed by atoms with Gasteiger partial charge in [0.15, 0.2) is 0 Å². The number of nitrogens with one attached hydrogen (secondary N) is 3. The van der Waals surface area contributed by atoms with E-state index in [0.717, 1.165) is 5.56 Å². The van der Waals surface area contributed by atoms with Crippen molar-refractivity contribution in [3.8, 4) is 5.75 Å². The second-order valence-corrected chi connectivity index (χ2v) is 14.3. The highest BCUT2D eigenvalue weighted by molar-refractivity contribution is 5.93. The van der Waals surface area contributed by atoms with Crippen molar-refractivity contribution in [1.82, 2.24) is 16.0 Å². The second-order valence-electron chi connectivity index (χ2n) is 14.3. The molecule has 3 amide bonds. The number of rotatable bonds is 14. The Bertz CT molecular complexity index is 1370. The molecule has 0 fully saturated rings. The first-order chi connectivity index (χ1) is 22.2. The molecule has 0 aliphatic heterocycles. The first-order valence-electron chi connectivity index (χ1n) is 16.0. The molecule has 0 aromatic heterocycles. The first-order valence-corrected chi connectivity index (χ1v) is 16.0. The largest absolute Gasteiger partial charge is 0.488 e. The van der Waals surface area contributed by atoms with Gasteiger partial charge in [0, 0.05) is 19.4 Å². The number of hydrogen-bond acceptors (Lipinski definition) is 9. The maximum absolute atomic E-state index is 13.6. The van der Waals surface area contributed by atoms with Crippen molar-refractivity contribution in [3.05, 3.63) is 65.7 Å². The van der Waals surface area contributed by atoms with Gasteiger partial charge in [0.1, 0.15) is 41.2 Å². The molecule has 0 saturated heterocycles. The number of benzene rings is 2. The molecule has 2 rings (SSSR count). The minimum absolute atomic E-state index is 0.0602. The summed E-state index contributed by atoms with van der Waals surface area (Å²) in [5.41, 5.74) is -0.565. The normalized spacial score (nSPS) is 12.9. The van der Waals surface area contributed by atoms with Gasteiger partial charge in [-0.2, -0.15) is 0 Å². The van der Waals surface area contributed by atoms with E-state index in [0.29, 0.717) is 11.3 Å². The number of carbonyl (C=O) groups excluding carboxylic acids is 5. The molecule has 0 saturated carbocycles. The van der Waals surface area contributed by atoms with Crippen LogP contribution in [0.4, 0.5) is 4.79 Å². The zero-order chi connectivity index (χ0) is 36.1. The summed E-state index contributed by atoms with van der Waals surface area (Å²) >= 11 is 0. The third-order valence-electron chi connectivity index (χ3n) is 6.07. The fourth-order valence-electron chi connectivity index (χ4n) is 4.20. The topological polar surface area (TPSA) is 158 Å². The van der Waals surface area contributed by atoms with Crippen LogP contribution in [0.1, 0.15) is 86.3 Å². The van der Waals surface area contributed by atoms with Gasteiger partial charge < -0.3 is 34.9 Å². The molecule has 12 heteroatoms. The highest BCUT2D eigenvalue weighted by atomic mass is 16.6. The average Bonchev–Trinajstić information content (AvgIpc) is 2.94. The molecule has 0 spiro atoms. The lowest BCUT2D eigenvalue weighted by atomic mass is 10.0. The van der Waals surface area contributed by atoms with Gasteiger partial charge in [0.25, 0.3) is 0 Å². The summed E-state index contributed by atoms with van der Waals surface area (Å²) in [6, 6.07) is 13.7. The molecule has 264 valence electrons. The Morgan fingerprint density at radius 2 is 1.29 bits per heavy atom. The van der Waals surface area contributed by atoms with Crippen LogP contribution in [0.3, 0.4) is 0 Å². The van der Waals surface area contributed by atoms with E-state index in [1.807, 2.05) is 51.1 Å². The molecule has 12 nitrogen and oxygen atoms in total. The predicted octanol–water partition coefficient (Wildman–Crippen LogP) is 4.77. The van der Waals surface area contributed by atoms with Crippen molar-refractivity contribution >= 4 is 29.8 Å². The monoisotopic (exact) mass is 669 g/mol. The van der Waals surface area contributed by atoms with E-state index in [4.69, 9.17) is 18.9 Å². The van der Waals surface area contributed by atoms with Crippen LogP contribution in [0.15, 0.2) is 54.6 Å². The molecule has 2 atom stereocenters. The minimum Gasteiger partial charge on any atom is -0.488 e. The fourth-order valence-corrected chi connectivity index (χ4v) is 4.20. The Morgan fingerprint density at radius 3 is 1.85 bits per heavy atom. The number of esters is 2.